The fourth-order valence-corrected chi connectivity index (χ4v) is 8.85. The molecule has 69 heavy (non-hydrogen) atoms. The van der Waals surface area contributed by atoms with Gasteiger partial charge < -0.3 is 20.1 Å². The summed E-state index contributed by atoms with van der Waals surface area (Å²) in [5, 5.41) is 0. The highest BCUT2D eigenvalue weighted by atomic mass is 31.2. The largest absolute Gasteiger partial charge is 0.472 e. The van der Waals surface area contributed by atoms with Crippen LogP contribution in [-0.2, 0) is 32.7 Å². The molecule has 0 aromatic heterocycles. The van der Waals surface area contributed by atoms with Crippen molar-refractivity contribution in [2.24, 2.45) is 5.73 Å². The number of allylic oxidation sites excluding steroid dienone is 10. The van der Waals surface area contributed by atoms with Gasteiger partial charge >= 0.3 is 19.8 Å². The first-order chi connectivity index (χ1) is 33.8. The molecule has 9 nitrogen and oxygen atoms in total. The fraction of sp³-hybridized carbons (Fsp3) is 0.797. The van der Waals surface area contributed by atoms with E-state index in [1.54, 1.807) is 0 Å². The molecule has 0 heterocycles. The lowest BCUT2D eigenvalue weighted by molar-refractivity contribution is -0.161. The molecular weight excluding hydrogens is 882 g/mol. The zero-order valence-electron chi connectivity index (χ0n) is 44.8. The summed E-state index contributed by atoms with van der Waals surface area (Å²) in [5.74, 6) is -0.828. The number of carbonyl (C=O) groups is 2. The zero-order chi connectivity index (χ0) is 50.2. The van der Waals surface area contributed by atoms with Gasteiger partial charge in [-0.3, -0.25) is 18.6 Å². The van der Waals surface area contributed by atoms with Gasteiger partial charge in [0.15, 0.2) is 6.10 Å². The topological polar surface area (TPSA) is 134 Å². The number of hydrogen-bond acceptors (Lipinski definition) is 8. The molecule has 10 heteroatoms. The van der Waals surface area contributed by atoms with E-state index in [-0.39, 0.29) is 38.6 Å². The maximum atomic E-state index is 12.7. The van der Waals surface area contributed by atoms with Crippen LogP contribution in [0.25, 0.3) is 0 Å². The average Bonchev–Trinajstić information content (AvgIpc) is 3.34. The number of nitrogens with two attached hydrogens (primary N) is 1. The lowest BCUT2D eigenvalue weighted by Crippen LogP contribution is -2.29. The Kier molecular flexibility index (Phi) is 53.2. The van der Waals surface area contributed by atoms with Gasteiger partial charge in [0, 0.05) is 19.4 Å². The number of phosphoric acid groups is 1. The maximum absolute atomic E-state index is 12.7. The van der Waals surface area contributed by atoms with Crippen molar-refractivity contribution in [3.8, 4) is 0 Å². The smallest absolute Gasteiger partial charge is 0.462 e. The van der Waals surface area contributed by atoms with Gasteiger partial charge in [0.2, 0.25) is 0 Å². The highest BCUT2D eigenvalue weighted by Gasteiger charge is 2.26. The molecule has 0 aliphatic rings. The number of ether oxygens (including phenoxy) is 2. The van der Waals surface area contributed by atoms with E-state index in [1.165, 1.54) is 173 Å². The standard InChI is InChI=1S/C59H108NO8P/c1-3-5-7-9-11-13-15-17-19-21-23-25-27-28-30-32-34-36-38-40-42-44-46-48-50-52-59(62)68-57(56-67-69(63,64)66-54-53-60)55-65-58(61)51-49-47-45-43-41-39-37-35-33-31-29-26-24-22-20-18-16-14-12-10-8-6-4-2/h15-18,21-24,27-28,57H,3-14,19-20,25-26,29-56,60H2,1-2H3,(H,63,64)/b17-15-,18-16-,23-21-,24-22-,28-27-. The lowest BCUT2D eigenvalue weighted by Gasteiger charge is -2.19. The van der Waals surface area contributed by atoms with Crippen LogP contribution in [0.1, 0.15) is 271 Å². The van der Waals surface area contributed by atoms with Crippen LogP contribution in [0.2, 0.25) is 0 Å². The van der Waals surface area contributed by atoms with Gasteiger partial charge in [0.25, 0.3) is 0 Å². The molecule has 0 bridgehead atoms. The molecule has 0 rings (SSSR count). The molecule has 0 fully saturated rings. The fourth-order valence-electron chi connectivity index (χ4n) is 8.09. The highest BCUT2D eigenvalue weighted by molar-refractivity contribution is 7.47. The normalized spacial score (nSPS) is 13.5. The highest BCUT2D eigenvalue weighted by Crippen LogP contribution is 2.43. The predicted octanol–water partition coefficient (Wildman–Crippen LogP) is 18.0. The van der Waals surface area contributed by atoms with Gasteiger partial charge in [-0.25, -0.2) is 4.57 Å². The van der Waals surface area contributed by atoms with Gasteiger partial charge in [-0.2, -0.15) is 0 Å². The molecule has 0 aliphatic carbocycles. The molecule has 0 saturated heterocycles. The van der Waals surface area contributed by atoms with Crippen LogP contribution in [0.4, 0.5) is 0 Å². The second kappa shape index (κ2) is 55.0. The predicted molar refractivity (Wildman–Crippen MR) is 293 cm³/mol. The Hall–Kier alpha value is -2.29. The van der Waals surface area contributed by atoms with Crippen molar-refractivity contribution in [2.45, 2.75) is 277 Å². The van der Waals surface area contributed by atoms with Crippen LogP contribution in [0.5, 0.6) is 0 Å². The van der Waals surface area contributed by atoms with Crippen LogP contribution < -0.4 is 5.73 Å². The molecule has 0 aromatic rings. The third kappa shape index (κ3) is 54.9. The number of phosphoric ester groups is 1. The first-order valence-corrected chi connectivity index (χ1v) is 30.3. The molecule has 3 N–H and O–H groups in total. The summed E-state index contributed by atoms with van der Waals surface area (Å²) in [6.45, 7) is 3.74. The van der Waals surface area contributed by atoms with Crippen LogP contribution in [-0.4, -0.2) is 49.3 Å². The summed E-state index contributed by atoms with van der Waals surface area (Å²) in [6.07, 6.45) is 68.4. The Bertz CT molecular complexity index is 1310. The second-order valence-corrected chi connectivity index (χ2v) is 20.6. The van der Waals surface area contributed by atoms with Crippen molar-refractivity contribution >= 4 is 19.8 Å². The van der Waals surface area contributed by atoms with E-state index in [9.17, 15) is 19.0 Å². The van der Waals surface area contributed by atoms with Gasteiger partial charge in [0.05, 0.1) is 13.2 Å². The molecule has 0 aromatic carbocycles. The zero-order valence-corrected chi connectivity index (χ0v) is 45.7. The summed E-state index contributed by atoms with van der Waals surface area (Å²) in [5.41, 5.74) is 5.38. The van der Waals surface area contributed by atoms with Gasteiger partial charge in [-0.1, -0.05) is 235 Å². The van der Waals surface area contributed by atoms with E-state index in [2.05, 4.69) is 74.6 Å². The van der Waals surface area contributed by atoms with E-state index in [0.29, 0.717) is 6.42 Å². The summed E-state index contributed by atoms with van der Waals surface area (Å²) in [4.78, 5) is 35.2. The third-order valence-electron chi connectivity index (χ3n) is 12.4. The molecule has 0 radical (unpaired) electrons. The van der Waals surface area contributed by atoms with Crippen molar-refractivity contribution in [1.82, 2.24) is 0 Å². The minimum atomic E-state index is -4.39. The first kappa shape index (κ1) is 66.7. The van der Waals surface area contributed by atoms with Crippen LogP contribution in [0.3, 0.4) is 0 Å². The van der Waals surface area contributed by atoms with Gasteiger partial charge in [-0.05, 0) is 83.5 Å². The van der Waals surface area contributed by atoms with Crippen molar-refractivity contribution in [3.63, 3.8) is 0 Å². The maximum Gasteiger partial charge on any atom is 0.472 e. The SMILES string of the molecule is CCCCCCC/C=C\C/C=C\C/C=C\CCCCCCCCCCCCC(=O)OC(COC(=O)CCCCCCCCCCCCC/C=C\C/C=C\CCCCCCC)COP(=O)(O)OCCN. The minimum Gasteiger partial charge on any atom is -0.462 e. The monoisotopic (exact) mass is 990 g/mol. The summed E-state index contributed by atoms with van der Waals surface area (Å²) in [7, 11) is -4.39. The number of esters is 2. The van der Waals surface area contributed by atoms with Crippen LogP contribution in [0, 0.1) is 0 Å². The second-order valence-electron chi connectivity index (χ2n) is 19.2. The van der Waals surface area contributed by atoms with E-state index in [4.69, 9.17) is 24.3 Å². The van der Waals surface area contributed by atoms with E-state index in [1.807, 2.05) is 0 Å². The molecule has 0 aliphatic heterocycles. The van der Waals surface area contributed by atoms with Crippen molar-refractivity contribution in [2.75, 3.05) is 26.4 Å². The quantitative estimate of drug-likeness (QED) is 0.0264. The van der Waals surface area contributed by atoms with E-state index in [0.717, 1.165) is 64.2 Å². The molecule has 0 saturated carbocycles. The number of carbonyl (C=O) groups excluding carboxylic acids is 2. The van der Waals surface area contributed by atoms with Crippen molar-refractivity contribution in [3.05, 3.63) is 60.8 Å². The Morgan fingerprint density at radius 3 is 1.12 bits per heavy atom. The Balaban J connectivity index is 4.00. The summed E-state index contributed by atoms with van der Waals surface area (Å²) in [6, 6.07) is 0. The molecular formula is C59H108NO8P. The molecule has 402 valence electrons. The van der Waals surface area contributed by atoms with Gasteiger partial charge in [-0.15, -0.1) is 0 Å². The third-order valence-corrected chi connectivity index (χ3v) is 13.4. The Morgan fingerprint density at radius 1 is 0.435 bits per heavy atom. The van der Waals surface area contributed by atoms with Crippen molar-refractivity contribution < 1.29 is 37.6 Å². The number of hydrogen-bond donors (Lipinski definition) is 2. The van der Waals surface area contributed by atoms with Gasteiger partial charge in [0.1, 0.15) is 6.61 Å². The lowest BCUT2D eigenvalue weighted by atomic mass is 10.0. The molecule has 0 spiro atoms. The summed E-state index contributed by atoms with van der Waals surface area (Å²) < 4.78 is 33.0. The van der Waals surface area contributed by atoms with Crippen LogP contribution >= 0.6 is 7.82 Å². The van der Waals surface area contributed by atoms with E-state index < -0.39 is 26.5 Å². The number of unbranched alkanes of at least 4 members (excludes halogenated alkanes) is 31. The number of rotatable bonds is 54. The molecule has 2 unspecified atom stereocenters. The average molecular weight is 990 g/mol. The van der Waals surface area contributed by atoms with E-state index >= 15 is 0 Å². The first-order valence-electron chi connectivity index (χ1n) is 28.8. The van der Waals surface area contributed by atoms with Crippen LogP contribution in [0.15, 0.2) is 60.8 Å². The Morgan fingerprint density at radius 2 is 0.754 bits per heavy atom. The summed E-state index contributed by atoms with van der Waals surface area (Å²) >= 11 is 0. The molecule has 2 atom stereocenters. The Labute approximate surface area is 425 Å². The minimum absolute atomic E-state index is 0.0509. The molecule has 0 amide bonds. The van der Waals surface area contributed by atoms with Crippen molar-refractivity contribution in [1.29, 1.82) is 0 Å².